The Morgan fingerprint density at radius 3 is 2.59 bits per heavy atom. The summed E-state index contributed by atoms with van der Waals surface area (Å²) in [4.78, 5) is 28.4. The summed E-state index contributed by atoms with van der Waals surface area (Å²) in [6.45, 7) is 1.66. The van der Waals surface area contributed by atoms with Crippen LogP contribution >= 0.6 is 0 Å². The lowest BCUT2D eigenvalue weighted by Gasteiger charge is -2.14. The van der Waals surface area contributed by atoms with Crippen LogP contribution in [-0.2, 0) is 11.3 Å². The van der Waals surface area contributed by atoms with E-state index in [1.807, 2.05) is 60.2 Å². The van der Waals surface area contributed by atoms with Gasteiger partial charge in [-0.25, -0.2) is 9.78 Å². The van der Waals surface area contributed by atoms with E-state index in [9.17, 15) is 9.59 Å². The van der Waals surface area contributed by atoms with Crippen LogP contribution in [-0.4, -0.2) is 25.2 Å². The van der Waals surface area contributed by atoms with Crippen LogP contribution in [0.3, 0.4) is 0 Å². The molecule has 0 aliphatic carbocycles. The molecule has 0 radical (unpaired) electrons. The van der Waals surface area contributed by atoms with E-state index in [0.717, 1.165) is 15.9 Å². The number of nitrogens with zero attached hydrogens (tertiary/aromatic N) is 4. The second-order valence-electron chi connectivity index (χ2n) is 6.55. The topological polar surface area (TPSA) is 95.0 Å². The molecule has 1 N–H and O–H groups in total. The standard InChI is InChI=1S/C21H19N5O3/c1-15(16-7-9-18(10-8-16)25-12-11-22-14-25)23-19(27)13-26-21(28)29-20(24-26)17-5-3-2-4-6-17/h2-12,14-15H,13H2,1H3,(H,23,27)/t15-/m1/s1. The van der Waals surface area contributed by atoms with Crippen LogP contribution in [0.1, 0.15) is 18.5 Å². The van der Waals surface area contributed by atoms with Gasteiger partial charge in [-0.1, -0.05) is 30.3 Å². The Morgan fingerprint density at radius 2 is 1.90 bits per heavy atom. The lowest BCUT2D eigenvalue weighted by molar-refractivity contribution is -0.122. The summed E-state index contributed by atoms with van der Waals surface area (Å²) in [5.41, 5.74) is 2.60. The summed E-state index contributed by atoms with van der Waals surface area (Å²) in [7, 11) is 0. The summed E-state index contributed by atoms with van der Waals surface area (Å²) in [5.74, 6) is -0.811. The molecule has 29 heavy (non-hydrogen) atoms. The van der Waals surface area contributed by atoms with Crippen LogP contribution in [0, 0.1) is 0 Å². The molecule has 2 aromatic heterocycles. The van der Waals surface area contributed by atoms with E-state index in [1.54, 1.807) is 24.7 Å². The van der Waals surface area contributed by atoms with Crippen molar-refractivity contribution in [3.8, 4) is 17.1 Å². The number of hydrogen-bond acceptors (Lipinski definition) is 5. The van der Waals surface area contributed by atoms with Gasteiger partial charge in [0, 0.05) is 23.6 Å². The zero-order valence-corrected chi connectivity index (χ0v) is 15.7. The smallest absolute Gasteiger partial charge is 0.388 e. The predicted octanol–water partition coefficient (Wildman–Crippen LogP) is 2.57. The molecule has 0 unspecified atom stereocenters. The van der Waals surface area contributed by atoms with Crippen LogP contribution in [0.5, 0.6) is 0 Å². The molecule has 0 fully saturated rings. The first-order valence-electron chi connectivity index (χ1n) is 9.11. The number of hydrogen-bond donors (Lipinski definition) is 1. The number of imidazole rings is 1. The predicted molar refractivity (Wildman–Crippen MR) is 106 cm³/mol. The molecule has 8 heteroatoms. The van der Waals surface area contributed by atoms with Crippen LogP contribution in [0.4, 0.5) is 0 Å². The van der Waals surface area contributed by atoms with E-state index in [1.165, 1.54) is 0 Å². The zero-order chi connectivity index (χ0) is 20.2. The second kappa shape index (κ2) is 7.97. The lowest BCUT2D eigenvalue weighted by Crippen LogP contribution is -2.33. The first kappa shape index (κ1) is 18.4. The third-order valence-electron chi connectivity index (χ3n) is 4.49. The van der Waals surface area contributed by atoms with Crippen LogP contribution in [0.2, 0.25) is 0 Å². The molecule has 2 heterocycles. The van der Waals surface area contributed by atoms with Crippen molar-refractivity contribution in [3.63, 3.8) is 0 Å². The van der Waals surface area contributed by atoms with Gasteiger partial charge in [-0.3, -0.25) is 4.79 Å². The van der Waals surface area contributed by atoms with Crippen molar-refractivity contribution in [2.45, 2.75) is 19.5 Å². The van der Waals surface area contributed by atoms with Crippen molar-refractivity contribution < 1.29 is 9.21 Å². The SMILES string of the molecule is C[C@@H](NC(=O)Cn1nc(-c2ccccc2)oc1=O)c1ccc(-n2ccnc2)cc1. The van der Waals surface area contributed by atoms with Gasteiger partial charge in [-0.05, 0) is 36.8 Å². The molecule has 0 saturated heterocycles. The van der Waals surface area contributed by atoms with Crippen LogP contribution in [0.15, 0.2) is 82.5 Å². The third kappa shape index (κ3) is 4.16. The molecule has 0 spiro atoms. The maximum atomic E-state index is 12.4. The van der Waals surface area contributed by atoms with Gasteiger partial charge in [0.2, 0.25) is 11.8 Å². The van der Waals surface area contributed by atoms with Gasteiger partial charge in [0.15, 0.2) is 0 Å². The molecule has 1 amide bonds. The van der Waals surface area contributed by atoms with E-state index in [-0.39, 0.29) is 24.4 Å². The molecule has 0 bridgehead atoms. The third-order valence-corrected chi connectivity index (χ3v) is 4.49. The largest absolute Gasteiger partial charge is 0.437 e. The molecular weight excluding hydrogens is 370 g/mol. The fourth-order valence-corrected chi connectivity index (χ4v) is 2.96. The van der Waals surface area contributed by atoms with Gasteiger partial charge >= 0.3 is 5.76 Å². The van der Waals surface area contributed by atoms with Crippen molar-refractivity contribution in [1.29, 1.82) is 0 Å². The quantitative estimate of drug-likeness (QED) is 0.547. The monoisotopic (exact) mass is 389 g/mol. The van der Waals surface area contributed by atoms with Crippen LogP contribution in [0.25, 0.3) is 17.1 Å². The minimum absolute atomic E-state index is 0.187. The van der Waals surface area contributed by atoms with Gasteiger partial charge < -0.3 is 14.3 Å². The Kier molecular flexibility index (Phi) is 5.07. The molecule has 0 saturated carbocycles. The first-order chi connectivity index (χ1) is 14.1. The highest BCUT2D eigenvalue weighted by molar-refractivity contribution is 5.76. The molecule has 146 valence electrons. The normalized spacial score (nSPS) is 11.9. The number of nitrogens with one attached hydrogen (secondary N) is 1. The Hall–Kier alpha value is -3.94. The number of benzene rings is 2. The Balaban J connectivity index is 1.41. The molecular formula is C21H19N5O3. The minimum Gasteiger partial charge on any atom is -0.388 e. The fraction of sp³-hybridized carbons (Fsp3) is 0.143. The molecule has 4 rings (SSSR count). The number of aromatic nitrogens is 4. The Bertz CT molecular complexity index is 1150. The van der Waals surface area contributed by atoms with E-state index >= 15 is 0 Å². The Morgan fingerprint density at radius 1 is 1.14 bits per heavy atom. The van der Waals surface area contributed by atoms with E-state index in [4.69, 9.17) is 4.42 Å². The maximum Gasteiger partial charge on any atom is 0.437 e. The average Bonchev–Trinajstić information content (AvgIpc) is 3.39. The van der Waals surface area contributed by atoms with E-state index in [0.29, 0.717) is 5.56 Å². The average molecular weight is 389 g/mol. The molecule has 0 aliphatic rings. The molecule has 8 nitrogen and oxygen atoms in total. The van der Waals surface area contributed by atoms with Crippen molar-refractivity contribution in [3.05, 3.63) is 89.4 Å². The number of carbonyl (C=O) groups excluding carboxylic acids is 1. The zero-order valence-electron chi connectivity index (χ0n) is 15.7. The summed E-state index contributed by atoms with van der Waals surface area (Å²) in [5, 5.41) is 6.98. The first-order valence-corrected chi connectivity index (χ1v) is 9.11. The summed E-state index contributed by atoms with van der Waals surface area (Å²) < 4.78 is 8.07. The molecule has 1 atom stereocenters. The fourth-order valence-electron chi connectivity index (χ4n) is 2.96. The molecule has 4 aromatic rings. The molecule has 2 aromatic carbocycles. The van der Waals surface area contributed by atoms with Crippen molar-refractivity contribution in [2.24, 2.45) is 0 Å². The summed E-state index contributed by atoms with van der Waals surface area (Å²) in [6, 6.07) is 16.6. The minimum atomic E-state index is -0.670. The highest BCUT2D eigenvalue weighted by Crippen LogP contribution is 2.16. The van der Waals surface area contributed by atoms with Gasteiger partial charge in [0.25, 0.3) is 0 Å². The highest BCUT2D eigenvalue weighted by atomic mass is 16.4. The highest BCUT2D eigenvalue weighted by Gasteiger charge is 2.15. The summed E-state index contributed by atoms with van der Waals surface area (Å²) >= 11 is 0. The number of rotatable bonds is 6. The van der Waals surface area contributed by atoms with Crippen molar-refractivity contribution in [1.82, 2.24) is 24.6 Å². The van der Waals surface area contributed by atoms with Gasteiger partial charge in [0.05, 0.1) is 12.4 Å². The molecule has 0 aliphatic heterocycles. The number of amides is 1. The van der Waals surface area contributed by atoms with Gasteiger partial charge in [-0.2, -0.15) is 4.68 Å². The van der Waals surface area contributed by atoms with Gasteiger partial charge in [-0.15, -0.1) is 5.10 Å². The lowest BCUT2D eigenvalue weighted by atomic mass is 10.1. The number of carbonyl (C=O) groups is 1. The Labute approximate surface area is 166 Å². The second-order valence-corrected chi connectivity index (χ2v) is 6.55. The van der Waals surface area contributed by atoms with Gasteiger partial charge in [0.1, 0.15) is 6.54 Å². The van der Waals surface area contributed by atoms with Crippen LogP contribution < -0.4 is 11.1 Å². The van der Waals surface area contributed by atoms with Crippen molar-refractivity contribution in [2.75, 3.05) is 0 Å². The summed E-state index contributed by atoms with van der Waals surface area (Å²) in [6.07, 6.45) is 5.30. The van der Waals surface area contributed by atoms with E-state index in [2.05, 4.69) is 15.4 Å². The maximum absolute atomic E-state index is 12.4. The van der Waals surface area contributed by atoms with E-state index < -0.39 is 5.76 Å². The van der Waals surface area contributed by atoms with Crippen molar-refractivity contribution >= 4 is 5.91 Å².